The van der Waals surface area contributed by atoms with E-state index in [9.17, 15) is 13.6 Å². The van der Waals surface area contributed by atoms with Gasteiger partial charge in [0.2, 0.25) is 17.6 Å². The van der Waals surface area contributed by atoms with Gasteiger partial charge in [-0.1, -0.05) is 16.8 Å². The maximum atomic E-state index is 13.9. The molecule has 0 N–H and O–H groups in total. The molecule has 2 heterocycles. The van der Waals surface area contributed by atoms with E-state index in [1.165, 1.54) is 42.3 Å². The monoisotopic (exact) mass is 405 g/mol. The Bertz CT molecular complexity index is 1060. The molecule has 9 heteroatoms. The molecule has 1 amide bonds. The molecule has 6 nitrogen and oxygen atoms in total. The third-order valence-corrected chi connectivity index (χ3v) is 4.84. The van der Waals surface area contributed by atoms with Gasteiger partial charge in [0, 0.05) is 18.5 Å². The maximum Gasteiger partial charge on any atom is 0.232 e. The molecule has 1 fully saturated rings. The number of ether oxygens (including phenoxy) is 1. The fourth-order valence-corrected chi connectivity index (χ4v) is 3.34. The largest absolute Gasteiger partial charge is 0.494 e. The third-order valence-electron chi connectivity index (χ3n) is 4.52. The van der Waals surface area contributed by atoms with Gasteiger partial charge in [-0.2, -0.15) is 4.98 Å². The van der Waals surface area contributed by atoms with E-state index in [0.29, 0.717) is 11.3 Å². The van der Waals surface area contributed by atoms with Crippen LogP contribution in [0.3, 0.4) is 0 Å². The number of methoxy groups -OCH3 is 1. The number of carbonyl (C=O) groups excluding carboxylic acids is 1. The van der Waals surface area contributed by atoms with E-state index in [4.69, 9.17) is 20.9 Å². The lowest BCUT2D eigenvalue weighted by molar-refractivity contribution is -0.117. The van der Waals surface area contributed by atoms with Crippen molar-refractivity contribution in [3.63, 3.8) is 0 Å². The number of halogens is 3. The van der Waals surface area contributed by atoms with E-state index >= 15 is 0 Å². The summed E-state index contributed by atoms with van der Waals surface area (Å²) in [7, 11) is 1.37. The zero-order valence-electron chi connectivity index (χ0n) is 14.7. The smallest absolute Gasteiger partial charge is 0.232 e. The number of anilines is 1. The molecule has 3 aromatic rings. The molecule has 144 valence electrons. The average molecular weight is 406 g/mol. The van der Waals surface area contributed by atoms with Crippen molar-refractivity contribution in [2.45, 2.75) is 12.3 Å². The first kappa shape index (κ1) is 18.4. The number of hydrogen-bond donors (Lipinski definition) is 0. The van der Waals surface area contributed by atoms with E-state index in [1.807, 2.05) is 0 Å². The van der Waals surface area contributed by atoms with Crippen molar-refractivity contribution in [3.8, 4) is 17.1 Å². The Kier molecular flexibility index (Phi) is 4.72. The highest BCUT2D eigenvalue weighted by Crippen LogP contribution is 2.36. The topological polar surface area (TPSA) is 68.5 Å². The van der Waals surface area contributed by atoms with Gasteiger partial charge in [0.25, 0.3) is 0 Å². The Labute approximate surface area is 163 Å². The van der Waals surface area contributed by atoms with E-state index in [-0.39, 0.29) is 47.3 Å². The quantitative estimate of drug-likeness (QED) is 0.650. The lowest BCUT2D eigenvalue weighted by atomic mass is 10.1. The van der Waals surface area contributed by atoms with Crippen molar-refractivity contribution in [1.82, 2.24) is 10.1 Å². The molecule has 0 spiro atoms. The van der Waals surface area contributed by atoms with E-state index in [2.05, 4.69) is 10.1 Å². The summed E-state index contributed by atoms with van der Waals surface area (Å²) in [4.78, 5) is 18.1. The van der Waals surface area contributed by atoms with Gasteiger partial charge in [0.1, 0.15) is 5.82 Å². The Hall–Kier alpha value is -3.00. The van der Waals surface area contributed by atoms with Gasteiger partial charge >= 0.3 is 0 Å². The van der Waals surface area contributed by atoms with Crippen LogP contribution in [0.25, 0.3) is 11.4 Å². The number of carbonyl (C=O) groups is 1. The van der Waals surface area contributed by atoms with Crippen LogP contribution >= 0.6 is 11.6 Å². The molecular weight excluding hydrogens is 392 g/mol. The first-order valence-electron chi connectivity index (χ1n) is 8.39. The van der Waals surface area contributed by atoms with Crippen LogP contribution in [0.5, 0.6) is 5.75 Å². The fourth-order valence-electron chi connectivity index (χ4n) is 3.12. The molecule has 1 atom stereocenters. The van der Waals surface area contributed by atoms with Crippen molar-refractivity contribution in [3.05, 3.63) is 58.9 Å². The lowest BCUT2D eigenvalue weighted by Gasteiger charge is -2.17. The summed E-state index contributed by atoms with van der Waals surface area (Å²) in [5.41, 5.74) is 0.716. The Morgan fingerprint density at radius 3 is 2.82 bits per heavy atom. The molecule has 1 aliphatic rings. The highest BCUT2D eigenvalue weighted by atomic mass is 35.5. The number of nitrogens with zero attached hydrogens (tertiary/aromatic N) is 3. The van der Waals surface area contributed by atoms with Crippen molar-refractivity contribution in [1.29, 1.82) is 0 Å². The Balaban J connectivity index is 1.57. The molecule has 0 aliphatic carbocycles. The van der Waals surface area contributed by atoms with E-state index < -0.39 is 11.6 Å². The molecule has 1 aromatic heterocycles. The minimum atomic E-state index is -0.547. The summed E-state index contributed by atoms with van der Waals surface area (Å²) < 4.78 is 37.6. The van der Waals surface area contributed by atoms with Gasteiger partial charge in [-0.15, -0.1) is 0 Å². The van der Waals surface area contributed by atoms with Gasteiger partial charge in [-0.3, -0.25) is 4.79 Å². The van der Waals surface area contributed by atoms with Crippen LogP contribution in [0, 0.1) is 11.6 Å². The highest BCUT2D eigenvalue weighted by Gasteiger charge is 2.36. The maximum absolute atomic E-state index is 13.9. The van der Waals surface area contributed by atoms with Crippen LogP contribution in [0.2, 0.25) is 5.02 Å². The minimum Gasteiger partial charge on any atom is -0.494 e. The molecule has 2 aromatic carbocycles. The van der Waals surface area contributed by atoms with Gasteiger partial charge < -0.3 is 14.2 Å². The summed E-state index contributed by atoms with van der Waals surface area (Å²) in [5, 5.41) is 4.15. The molecule has 1 saturated heterocycles. The van der Waals surface area contributed by atoms with Gasteiger partial charge in [-0.25, -0.2) is 8.78 Å². The summed E-state index contributed by atoms with van der Waals surface area (Å²) in [6, 6.07) is 8.15. The molecule has 0 bridgehead atoms. The van der Waals surface area contributed by atoms with Gasteiger partial charge in [-0.05, 0) is 36.4 Å². The molecule has 0 radical (unpaired) electrons. The minimum absolute atomic E-state index is 0.108. The number of benzene rings is 2. The second-order valence-electron chi connectivity index (χ2n) is 6.31. The molecular formula is C19H14ClF2N3O3. The van der Waals surface area contributed by atoms with Gasteiger partial charge in [0.15, 0.2) is 11.6 Å². The van der Waals surface area contributed by atoms with Crippen LogP contribution < -0.4 is 9.64 Å². The molecule has 1 unspecified atom stereocenters. The zero-order valence-corrected chi connectivity index (χ0v) is 15.4. The summed E-state index contributed by atoms with van der Waals surface area (Å²) in [6.07, 6.45) is 0.117. The highest BCUT2D eigenvalue weighted by molar-refractivity contribution is 6.33. The third kappa shape index (κ3) is 3.31. The first-order valence-corrected chi connectivity index (χ1v) is 8.77. The van der Waals surface area contributed by atoms with E-state index in [0.717, 1.165) is 0 Å². The summed E-state index contributed by atoms with van der Waals surface area (Å²) in [5.74, 6) is -1.09. The van der Waals surface area contributed by atoms with E-state index in [1.54, 1.807) is 6.07 Å². The molecule has 28 heavy (non-hydrogen) atoms. The van der Waals surface area contributed by atoms with Crippen molar-refractivity contribution < 1.29 is 22.8 Å². The van der Waals surface area contributed by atoms with Crippen LogP contribution in [-0.2, 0) is 4.79 Å². The predicted molar refractivity (Wildman–Crippen MR) is 97.4 cm³/mol. The Morgan fingerprint density at radius 1 is 1.25 bits per heavy atom. The molecule has 4 rings (SSSR count). The second-order valence-corrected chi connectivity index (χ2v) is 6.71. The zero-order chi connectivity index (χ0) is 19.8. The fraction of sp³-hybridized carbons (Fsp3) is 0.211. The number of hydrogen-bond acceptors (Lipinski definition) is 5. The SMILES string of the molecule is COc1ccc(-c2noc(C3CC(=O)N(c4cc(F)ccc4Cl)C3)n2)cc1F. The standard InChI is InChI=1S/C19H14ClF2N3O3/c1-27-16-5-2-10(6-14(16)22)18-23-19(28-24-18)11-7-17(26)25(9-11)15-8-12(21)3-4-13(15)20/h2-6,8,11H,7,9H2,1H3. The van der Waals surface area contributed by atoms with Crippen LogP contribution in [-0.4, -0.2) is 29.7 Å². The summed E-state index contributed by atoms with van der Waals surface area (Å²) >= 11 is 6.10. The second kappa shape index (κ2) is 7.20. The molecule has 1 aliphatic heterocycles. The number of amides is 1. The normalized spacial score (nSPS) is 16.6. The average Bonchev–Trinajstić information content (AvgIpc) is 3.30. The Morgan fingerprint density at radius 2 is 2.07 bits per heavy atom. The lowest BCUT2D eigenvalue weighted by Crippen LogP contribution is -2.24. The van der Waals surface area contributed by atoms with Crippen LogP contribution in [0.4, 0.5) is 14.5 Å². The van der Waals surface area contributed by atoms with Crippen LogP contribution in [0.1, 0.15) is 18.2 Å². The molecule has 0 saturated carbocycles. The predicted octanol–water partition coefficient (Wildman–Crippen LogP) is 4.20. The van der Waals surface area contributed by atoms with Crippen molar-refractivity contribution in [2.75, 3.05) is 18.6 Å². The first-order chi connectivity index (χ1) is 13.5. The number of aromatic nitrogens is 2. The van der Waals surface area contributed by atoms with Crippen molar-refractivity contribution in [2.24, 2.45) is 0 Å². The van der Waals surface area contributed by atoms with Gasteiger partial charge in [0.05, 0.1) is 23.7 Å². The van der Waals surface area contributed by atoms with Crippen LogP contribution in [0.15, 0.2) is 40.9 Å². The summed E-state index contributed by atoms with van der Waals surface area (Å²) in [6.45, 7) is 0.223. The van der Waals surface area contributed by atoms with Crippen molar-refractivity contribution >= 4 is 23.2 Å². The number of rotatable bonds is 4.